The van der Waals surface area contributed by atoms with Crippen LogP contribution >= 0.6 is 23.8 Å². The average molecular weight is 387 g/mol. The Bertz CT molecular complexity index is 861. The van der Waals surface area contributed by atoms with Gasteiger partial charge >= 0.3 is 0 Å². The van der Waals surface area contributed by atoms with Crippen LogP contribution in [0.2, 0.25) is 5.02 Å². The second-order valence-electron chi connectivity index (χ2n) is 5.78. The minimum atomic E-state index is -3.69. The van der Waals surface area contributed by atoms with Crippen LogP contribution in [0.1, 0.15) is 19.4 Å². The van der Waals surface area contributed by atoms with E-state index < -0.39 is 15.6 Å². The Morgan fingerprint density at radius 1 is 1.42 bits per heavy atom. The van der Waals surface area contributed by atoms with Crippen LogP contribution in [0.3, 0.4) is 0 Å². The van der Waals surface area contributed by atoms with Gasteiger partial charge in [0.25, 0.3) is 5.91 Å². The first-order valence-corrected chi connectivity index (χ1v) is 9.35. The monoisotopic (exact) mass is 386 g/mol. The summed E-state index contributed by atoms with van der Waals surface area (Å²) in [5.74, 6) is -0.645. The zero-order valence-electron chi connectivity index (χ0n) is 13.0. The van der Waals surface area contributed by atoms with Crippen molar-refractivity contribution in [1.82, 2.24) is 4.90 Å². The lowest BCUT2D eigenvalue weighted by atomic mass is 10.0. The van der Waals surface area contributed by atoms with E-state index in [1.54, 1.807) is 19.9 Å². The fourth-order valence-corrected chi connectivity index (χ4v) is 3.55. The molecule has 1 aromatic carbocycles. The number of primary sulfonamides is 1. The molecule has 1 fully saturated rings. The SMILES string of the molecule is CC1(C)C(=O)N(c2ccc(C#N)c(Cl)c2)C(=S)N1CCS(N)(=O)=O. The lowest BCUT2D eigenvalue weighted by Crippen LogP contribution is -2.46. The van der Waals surface area contributed by atoms with Gasteiger partial charge < -0.3 is 4.90 Å². The van der Waals surface area contributed by atoms with E-state index in [0.717, 1.165) is 0 Å². The van der Waals surface area contributed by atoms with Gasteiger partial charge in [-0.2, -0.15) is 5.26 Å². The van der Waals surface area contributed by atoms with Gasteiger partial charge in [-0.05, 0) is 44.3 Å². The van der Waals surface area contributed by atoms with Crippen LogP contribution in [-0.4, -0.2) is 42.2 Å². The first-order valence-electron chi connectivity index (χ1n) is 6.85. The number of carbonyl (C=O) groups is 1. The largest absolute Gasteiger partial charge is 0.333 e. The number of nitriles is 1. The molecule has 0 bridgehead atoms. The summed E-state index contributed by atoms with van der Waals surface area (Å²) in [4.78, 5) is 15.5. The molecule has 128 valence electrons. The summed E-state index contributed by atoms with van der Waals surface area (Å²) in [6.45, 7) is 3.29. The Labute approximate surface area is 150 Å². The van der Waals surface area contributed by atoms with E-state index in [1.807, 2.05) is 6.07 Å². The van der Waals surface area contributed by atoms with Gasteiger partial charge in [-0.25, -0.2) is 13.6 Å². The fraction of sp³-hybridized carbons (Fsp3) is 0.357. The lowest BCUT2D eigenvalue weighted by Gasteiger charge is -2.28. The number of sulfonamides is 1. The Balaban J connectivity index is 2.39. The van der Waals surface area contributed by atoms with Crippen LogP contribution in [0.25, 0.3) is 0 Å². The van der Waals surface area contributed by atoms with Gasteiger partial charge in [0.15, 0.2) is 5.11 Å². The van der Waals surface area contributed by atoms with Crippen molar-refractivity contribution in [1.29, 1.82) is 5.26 Å². The van der Waals surface area contributed by atoms with E-state index in [2.05, 4.69) is 0 Å². The zero-order chi connectivity index (χ0) is 18.3. The molecule has 1 amide bonds. The molecule has 0 aromatic heterocycles. The average Bonchev–Trinajstić information content (AvgIpc) is 2.62. The number of hydrogen-bond acceptors (Lipinski definition) is 5. The normalized spacial score (nSPS) is 17.3. The Kier molecular flexibility index (Phi) is 4.88. The number of nitrogens with two attached hydrogens (primary N) is 1. The molecule has 2 rings (SSSR count). The van der Waals surface area contributed by atoms with Crippen molar-refractivity contribution in [2.75, 3.05) is 17.2 Å². The molecule has 0 unspecified atom stereocenters. The quantitative estimate of drug-likeness (QED) is 0.779. The maximum atomic E-state index is 12.7. The van der Waals surface area contributed by atoms with Crippen molar-refractivity contribution in [3.63, 3.8) is 0 Å². The number of rotatable bonds is 4. The third-order valence-electron chi connectivity index (χ3n) is 3.75. The highest BCUT2D eigenvalue weighted by Crippen LogP contribution is 2.33. The Morgan fingerprint density at radius 2 is 2.04 bits per heavy atom. The van der Waals surface area contributed by atoms with Crippen molar-refractivity contribution in [3.05, 3.63) is 28.8 Å². The van der Waals surface area contributed by atoms with E-state index in [9.17, 15) is 13.2 Å². The third kappa shape index (κ3) is 3.37. The molecule has 1 saturated heterocycles. The summed E-state index contributed by atoms with van der Waals surface area (Å²) in [6.07, 6.45) is 0. The molecule has 2 N–H and O–H groups in total. The van der Waals surface area contributed by atoms with E-state index in [4.69, 9.17) is 34.2 Å². The molecule has 0 spiro atoms. The summed E-state index contributed by atoms with van der Waals surface area (Å²) in [6, 6.07) is 6.47. The molecule has 0 atom stereocenters. The van der Waals surface area contributed by atoms with Gasteiger partial charge in [0, 0.05) is 6.54 Å². The molecule has 10 heteroatoms. The molecular weight excluding hydrogens is 372 g/mol. The van der Waals surface area contributed by atoms with E-state index in [1.165, 1.54) is 21.9 Å². The minimum Gasteiger partial charge on any atom is -0.333 e. The molecule has 24 heavy (non-hydrogen) atoms. The second-order valence-corrected chi connectivity index (χ2v) is 8.28. The number of thiocarbonyl (C=S) groups is 1. The molecule has 7 nitrogen and oxygen atoms in total. The van der Waals surface area contributed by atoms with Gasteiger partial charge in [0.1, 0.15) is 11.6 Å². The molecule has 1 aromatic rings. The van der Waals surface area contributed by atoms with Crippen molar-refractivity contribution >= 4 is 50.5 Å². The number of benzene rings is 1. The topological polar surface area (TPSA) is 108 Å². The highest BCUT2D eigenvalue weighted by molar-refractivity contribution is 7.89. The molecule has 0 radical (unpaired) electrons. The van der Waals surface area contributed by atoms with Gasteiger partial charge in [0.05, 0.1) is 22.0 Å². The van der Waals surface area contributed by atoms with Crippen LogP contribution in [-0.2, 0) is 14.8 Å². The van der Waals surface area contributed by atoms with E-state index in [0.29, 0.717) is 5.69 Å². The van der Waals surface area contributed by atoms with Crippen molar-refractivity contribution in [2.45, 2.75) is 19.4 Å². The molecule has 0 aliphatic carbocycles. The van der Waals surface area contributed by atoms with Crippen molar-refractivity contribution in [2.24, 2.45) is 5.14 Å². The fourth-order valence-electron chi connectivity index (χ4n) is 2.39. The molecule has 1 aliphatic heterocycles. The standard InChI is InChI=1S/C14H15ClN4O3S2/c1-14(2)12(20)19(10-4-3-9(8-16)11(15)7-10)13(23)18(14)5-6-24(17,21)22/h3-4,7H,5-6H2,1-2H3,(H2,17,21,22). The van der Waals surface area contributed by atoms with Crippen LogP contribution in [0.4, 0.5) is 5.69 Å². The van der Waals surface area contributed by atoms with Crippen LogP contribution in [0.15, 0.2) is 18.2 Å². The summed E-state index contributed by atoms with van der Waals surface area (Å²) in [5, 5.41) is 14.3. The first-order chi connectivity index (χ1) is 11.0. The number of anilines is 1. The van der Waals surface area contributed by atoms with Crippen LogP contribution in [0.5, 0.6) is 0 Å². The highest BCUT2D eigenvalue weighted by atomic mass is 35.5. The predicted molar refractivity (Wildman–Crippen MR) is 95.0 cm³/mol. The molecule has 1 aliphatic rings. The van der Waals surface area contributed by atoms with Crippen molar-refractivity contribution < 1.29 is 13.2 Å². The number of nitrogens with zero attached hydrogens (tertiary/aromatic N) is 3. The molecular formula is C14H15ClN4O3S2. The maximum Gasteiger partial charge on any atom is 0.258 e. The third-order valence-corrected chi connectivity index (χ3v) is 5.22. The first kappa shape index (κ1) is 18.6. The summed E-state index contributed by atoms with van der Waals surface area (Å²) in [5.41, 5.74) is -0.328. The zero-order valence-corrected chi connectivity index (χ0v) is 15.4. The van der Waals surface area contributed by atoms with Gasteiger partial charge in [0.2, 0.25) is 10.0 Å². The van der Waals surface area contributed by atoms with E-state index >= 15 is 0 Å². The number of hydrogen-bond donors (Lipinski definition) is 1. The van der Waals surface area contributed by atoms with E-state index in [-0.39, 0.29) is 33.9 Å². The van der Waals surface area contributed by atoms with Gasteiger partial charge in [-0.15, -0.1) is 0 Å². The highest BCUT2D eigenvalue weighted by Gasteiger charge is 2.49. The number of carbonyl (C=O) groups excluding carboxylic acids is 1. The van der Waals surface area contributed by atoms with Crippen LogP contribution in [0, 0.1) is 11.3 Å². The maximum absolute atomic E-state index is 12.7. The number of halogens is 1. The Morgan fingerprint density at radius 3 is 2.54 bits per heavy atom. The van der Waals surface area contributed by atoms with Crippen LogP contribution < -0.4 is 10.0 Å². The second kappa shape index (κ2) is 6.29. The van der Waals surface area contributed by atoms with Gasteiger partial charge in [-0.3, -0.25) is 9.69 Å². The predicted octanol–water partition coefficient (Wildman–Crippen LogP) is 1.21. The molecule has 0 saturated carbocycles. The summed E-state index contributed by atoms with van der Waals surface area (Å²) >= 11 is 11.4. The smallest absolute Gasteiger partial charge is 0.258 e. The Hall–Kier alpha value is -1.73. The lowest BCUT2D eigenvalue weighted by molar-refractivity contribution is -0.123. The molecule has 1 heterocycles. The minimum absolute atomic E-state index is 0.00306. The summed E-state index contributed by atoms with van der Waals surface area (Å²) in [7, 11) is -3.69. The van der Waals surface area contributed by atoms with Crippen molar-refractivity contribution in [3.8, 4) is 6.07 Å². The summed E-state index contributed by atoms with van der Waals surface area (Å²) < 4.78 is 22.4. The van der Waals surface area contributed by atoms with Gasteiger partial charge in [-0.1, -0.05) is 11.6 Å². The number of amides is 1.